The van der Waals surface area contributed by atoms with E-state index in [-0.39, 0.29) is 47.6 Å². The Labute approximate surface area is 173 Å². The lowest BCUT2D eigenvalue weighted by molar-refractivity contribution is -0.155. The van der Waals surface area contributed by atoms with Gasteiger partial charge in [-0.3, -0.25) is 14.6 Å². The largest absolute Gasteiger partial charge is 0.481 e. The highest BCUT2D eigenvalue weighted by Gasteiger charge is 2.56. The van der Waals surface area contributed by atoms with Gasteiger partial charge in [0.05, 0.1) is 11.2 Å². The molecule has 2 unspecified atom stereocenters. The van der Waals surface area contributed by atoms with E-state index in [1.807, 2.05) is 0 Å². The van der Waals surface area contributed by atoms with Gasteiger partial charge >= 0.3 is 11.9 Å². The van der Waals surface area contributed by atoms with Crippen molar-refractivity contribution >= 4 is 47.1 Å². The van der Waals surface area contributed by atoms with Crippen molar-refractivity contribution in [1.82, 2.24) is 20.5 Å². The van der Waals surface area contributed by atoms with Crippen molar-refractivity contribution in [2.24, 2.45) is 16.1 Å². The number of hydrazine groups is 2. The topological polar surface area (TPSA) is 172 Å². The molecule has 0 aromatic carbocycles. The lowest BCUT2D eigenvalue weighted by Crippen LogP contribution is -2.72. The number of aliphatic hydroxyl groups is 1. The van der Waals surface area contributed by atoms with Crippen molar-refractivity contribution in [2.45, 2.75) is 11.4 Å². The lowest BCUT2D eigenvalue weighted by atomic mass is 9.89. The summed E-state index contributed by atoms with van der Waals surface area (Å²) in [7, 11) is 0. The Morgan fingerprint density at radius 2 is 2.21 bits per heavy atom. The summed E-state index contributed by atoms with van der Waals surface area (Å²) < 4.78 is 0. The van der Waals surface area contributed by atoms with E-state index in [2.05, 4.69) is 10.5 Å². The summed E-state index contributed by atoms with van der Waals surface area (Å²) >= 11 is 2.48. The Balaban J connectivity index is 1.54. The SMILES string of the molecule is NC1C(=O)N2CC(CSC3=CC(C(=O)O)=NC4=CN(CO)NN43)(C(=O)O)CS[C@H]12. The predicted molar refractivity (Wildman–Crippen MR) is 104 cm³/mol. The van der Waals surface area contributed by atoms with E-state index in [1.54, 1.807) is 0 Å². The van der Waals surface area contributed by atoms with Gasteiger partial charge in [0, 0.05) is 24.1 Å². The Morgan fingerprint density at radius 3 is 2.86 bits per heavy atom. The van der Waals surface area contributed by atoms with Crippen LogP contribution in [0.5, 0.6) is 0 Å². The molecule has 0 aromatic rings. The molecule has 2 fully saturated rings. The minimum atomic E-state index is -1.23. The predicted octanol–water partition coefficient (Wildman–Crippen LogP) is -1.80. The number of fused-ring (bicyclic) bond motifs is 2. The van der Waals surface area contributed by atoms with Crippen LogP contribution in [0.1, 0.15) is 0 Å². The molecule has 14 heteroatoms. The zero-order valence-electron chi connectivity index (χ0n) is 14.9. The van der Waals surface area contributed by atoms with Gasteiger partial charge in [-0.15, -0.1) is 29.1 Å². The summed E-state index contributed by atoms with van der Waals surface area (Å²) in [4.78, 5) is 41.0. The molecule has 0 aliphatic carbocycles. The zero-order chi connectivity index (χ0) is 20.9. The number of rotatable bonds is 6. The number of thioether (sulfide) groups is 2. The molecule has 6 N–H and O–H groups in total. The van der Waals surface area contributed by atoms with Crippen LogP contribution in [0.3, 0.4) is 0 Å². The van der Waals surface area contributed by atoms with Crippen LogP contribution < -0.4 is 11.3 Å². The van der Waals surface area contributed by atoms with Crippen molar-refractivity contribution in [2.75, 3.05) is 24.8 Å². The maximum atomic E-state index is 12.1. The van der Waals surface area contributed by atoms with Crippen molar-refractivity contribution in [3.63, 3.8) is 0 Å². The maximum Gasteiger partial charge on any atom is 0.354 e. The first-order valence-electron chi connectivity index (χ1n) is 8.49. The van der Waals surface area contributed by atoms with Crippen LogP contribution in [0.15, 0.2) is 28.1 Å². The van der Waals surface area contributed by atoms with Crippen LogP contribution in [0.2, 0.25) is 0 Å². The Kier molecular flexibility index (Phi) is 4.98. The second kappa shape index (κ2) is 7.21. The molecular formula is C15H18N6O6S2. The number of carboxylic acid groups (broad SMARTS) is 2. The smallest absolute Gasteiger partial charge is 0.354 e. The molecule has 0 bridgehead atoms. The van der Waals surface area contributed by atoms with Crippen LogP contribution in [-0.2, 0) is 14.4 Å². The fraction of sp³-hybridized carbons (Fsp3) is 0.467. The second-order valence-corrected chi connectivity index (χ2v) is 8.99. The summed E-state index contributed by atoms with van der Waals surface area (Å²) in [5.41, 5.74) is 7.18. The van der Waals surface area contributed by atoms with Gasteiger partial charge in [-0.05, 0) is 0 Å². The summed E-state index contributed by atoms with van der Waals surface area (Å²) in [6, 6.07) is -0.596. The van der Waals surface area contributed by atoms with E-state index in [0.717, 1.165) is 11.8 Å². The van der Waals surface area contributed by atoms with Gasteiger partial charge in [0.2, 0.25) is 5.91 Å². The number of aliphatic imine (C=N–C) groups is 1. The molecule has 2 saturated heterocycles. The first-order valence-corrected chi connectivity index (χ1v) is 10.5. The molecule has 1 amide bonds. The first kappa shape index (κ1) is 20.0. The lowest BCUT2D eigenvalue weighted by Gasteiger charge is -2.52. The standard InChI is InChI=1S/C15H18N6O6S2/c16-10-11(23)20-3-15(14(26)27,5-29-12(10)20)4-28-9-1-7(13(24)25)17-8-2-19(6-22)18-21(8)9/h1-2,10,12,18,22H,3-6,16H2,(H,24,25)(H,26,27)/t10?,12-,15?/m1/s1. The van der Waals surface area contributed by atoms with Gasteiger partial charge in [0.15, 0.2) is 11.5 Å². The van der Waals surface area contributed by atoms with E-state index < -0.39 is 23.4 Å². The number of carbonyl (C=O) groups excluding carboxylic acids is 1. The number of carboxylic acids is 2. The van der Waals surface area contributed by atoms with E-state index in [4.69, 9.17) is 5.73 Å². The maximum absolute atomic E-state index is 12.1. The molecule has 4 aliphatic rings. The molecule has 12 nitrogen and oxygen atoms in total. The Morgan fingerprint density at radius 1 is 1.45 bits per heavy atom. The molecule has 29 heavy (non-hydrogen) atoms. The minimum absolute atomic E-state index is 0.0472. The van der Waals surface area contributed by atoms with Crippen LogP contribution in [-0.4, -0.2) is 90.0 Å². The molecule has 4 aliphatic heterocycles. The van der Waals surface area contributed by atoms with Crippen molar-refractivity contribution in [1.29, 1.82) is 0 Å². The minimum Gasteiger partial charge on any atom is -0.481 e. The monoisotopic (exact) mass is 442 g/mol. The second-order valence-electron chi connectivity index (χ2n) is 6.89. The highest BCUT2D eigenvalue weighted by atomic mass is 32.2. The summed E-state index contributed by atoms with van der Waals surface area (Å²) in [5.74, 6) is -1.88. The third-order valence-electron chi connectivity index (χ3n) is 4.95. The molecule has 0 spiro atoms. The molecule has 4 heterocycles. The average molecular weight is 442 g/mol. The van der Waals surface area contributed by atoms with Gasteiger partial charge in [0.1, 0.15) is 23.6 Å². The molecule has 4 rings (SSSR count). The van der Waals surface area contributed by atoms with Crippen LogP contribution in [0.4, 0.5) is 0 Å². The van der Waals surface area contributed by atoms with Gasteiger partial charge in [-0.25, -0.2) is 14.8 Å². The number of amides is 1. The van der Waals surface area contributed by atoms with Crippen LogP contribution in [0, 0.1) is 5.41 Å². The van der Waals surface area contributed by atoms with Crippen molar-refractivity contribution in [3.05, 3.63) is 23.1 Å². The van der Waals surface area contributed by atoms with Gasteiger partial charge in [-0.1, -0.05) is 0 Å². The third-order valence-corrected chi connectivity index (χ3v) is 7.85. The van der Waals surface area contributed by atoms with Gasteiger partial charge < -0.3 is 26.0 Å². The number of carbonyl (C=O) groups is 3. The quantitative estimate of drug-likeness (QED) is 0.293. The molecule has 0 aromatic heterocycles. The van der Waals surface area contributed by atoms with E-state index in [9.17, 15) is 29.7 Å². The Hall–Kier alpha value is -2.26. The number of nitrogens with one attached hydrogen (secondary N) is 1. The van der Waals surface area contributed by atoms with Gasteiger partial charge in [0.25, 0.3) is 0 Å². The van der Waals surface area contributed by atoms with Crippen LogP contribution >= 0.6 is 23.5 Å². The third kappa shape index (κ3) is 3.26. The summed E-state index contributed by atoms with van der Waals surface area (Å²) in [6.45, 7) is -0.324. The zero-order valence-corrected chi connectivity index (χ0v) is 16.5. The Bertz CT molecular complexity index is 877. The molecule has 156 valence electrons. The number of hydrogen-bond donors (Lipinski definition) is 5. The van der Waals surface area contributed by atoms with Crippen LogP contribution in [0.25, 0.3) is 0 Å². The average Bonchev–Trinajstić information content (AvgIpc) is 3.14. The molecule has 0 saturated carbocycles. The summed E-state index contributed by atoms with van der Waals surface area (Å²) in [5, 5.41) is 31.5. The highest BCUT2D eigenvalue weighted by Crippen LogP contribution is 2.44. The number of aliphatic hydroxyl groups excluding tert-OH is 1. The van der Waals surface area contributed by atoms with E-state index in [1.165, 1.54) is 39.0 Å². The fourth-order valence-corrected chi connectivity index (χ4v) is 6.11. The van der Waals surface area contributed by atoms with Crippen molar-refractivity contribution < 1.29 is 29.7 Å². The highest BCUT2D eigenvalue weighted by molar-refractivity contribution is 8.03. The molecular weight excluding hydrogens is 424 g/mol. The number of hydrogen-bond acceptors (Lipinski definition) is 11. The normalized spacial score (nSPS) is 30.8. The number of nitrogens with zero attached hydrogens (tertiary/aromatic N) is 4. The fourth-order valence-electron chi connectivity index (χ4n) is 3.29. The number of nitrogens with two attached hydrogens (primary N) is 1. The van der Waals surface area contributed by atoms with Crippen molar-refractivity contribution in [3.8, 4) is 0 Å². The summed E-state index contributed by atoms with van der Waals surface area (Å²) in [6.07, 6.45) is 2.77. The molecule has 3 atom stereocenters. The van der Waals surface area contributed by atoms with Gasteiger partial charge in [-0.2, -0.15) is 0 Å². The number of β-lactam (4-membered cyclic amide) rings is 1. The molecule has 0 radical (unpaired) electrons. The first-order chi connectivity index (χ1) is 13.8. The number of aliphatic carboxylic acids is 2. The van der Waals surface area contributed by atoms with E-state index in [0.29, 0.717) is 5.03 Å². The van der Waals surface area contributed by atoms with E-state index >= 15 is 0 Å².